The molecule has 35 heavy (non-hydrogen) atoms. The van der Waals surface area contributed by atoms with Gasteiger partial charge in [0.15, 0.2) is 18.2 Å². The van der Waals surface area contributed by atoms with Gasteiger partial charge in [0, 0.05) is 48.4 Å². The lowest BCUT2D eigenvalue weighted by Crippen LogP contribution is -2.30. The second kappa shape index (κ2) is 9.53. The van der Waals surface area contributed by atoms with E-state index in [-0.39, 0.29) is 24.1 Å². The number of nitrogens with one attached hydrogen (secondary N) is 1. The molecule has 2 aliphatic carbocycles. The monoisotopic (exact) mass is 471 g/mol. The number of Topliss-reactive ketones (excluding diaryl/α,β-unsaturated/α-hetero) is 2. The van der Waals surface area contributed by atoms with E-state index in [1.165, 1.54) is 0 Å². The number of rotatable bonds is 5. The summed E-state index contributed by atoms with van der Waals surface area (Å²) in [4.78, 5) is 38.4. The van der Waals surface area contributed by atoms with Gasteiger partial charge in [0.25, 0.3) is 5.91 Å². The van der Waals surface area contributed by atoms with E-state index in [1.54, 1.807) is 6.07 Å². The quantitative estimate of drug-likeness (QED) is 0.627. The van der Waals surface area contributed by atoms with Gasteiger partial charge < -0.3 is 14.8 Å². The van der Waals surface area contributed by atoms with Crippen LogP contribution >= 0.6 is 0 Å². The van der Waals surface area contributed by atoms with Crippen LogP contribution in [0.2, 0.25) is 0 Å². The van der Waals surface area contributed by atoms with Gasteiger partial charge in [-0.25, -0.2) is 0 Å². The lowest BCUT2D eigenvalue weighted by Gasteiger charge is -2.36. The number of hydrogen-bond acceptors (Lipinski definition) is 5. The first-order valence-electron chi connectivity index (χ1n) is 12.2. The SMILES string of the molecule is Cc1ccc(NC(=O)COc2cccc(C3C4=C(CCCC4=O)OC4=C3C(=O)CCC4)c2)cc1C. The van der Waals surface area contributed by atoms with Crippen LogP contribution in [0.15, 0.2) is 65.1 Å². The van der Waals surface area contributed by atoms with Gasteiger partial charge in [-0.2, -0.15) is 0 Å². The predicted octanol–water partition coefficient (Wildman–Crippen LogP) is 5.45. The zero-order valence-electron chi connectivity index (χ0n) is 20.1. The summed E-state index contributed by atoms with van der Waals surface area (Å²) in [5, 5.41) is 2.86. The Hall–Kier alpha value is -3.67. The van der Waals surface area contributed by atoms with Crippen molar-refractivity contribution in [2.75, 3.05) is 11.9 Å². The van der Waals surface area contributed by atoms with E-state index in [4.69, 9.17) is 9.47 Å². The average molecular weight is 472 g/mol. The van der Waals surface area contributed by atoms with Crippen molar-refractivity contribution in [3.63, 3.8) is 0 Å². The highest BCUT2D eigenvalue weighted by Gasteiger charge is 2.41. The van der Waals surface area contributed by atoms with Gasteiger partial charge in [-0.3, -0.25) is 14.4 Å². The molecule has 2 aromatic rings. The predicted molar refractivity (Wildman–Crippen MR) is 132 cm³/mol. The molecule has 5 rings (SSSR count). The fraction of sp³-hybridized carbons (Fsp3) is 0.345. The van der Waals surface area contributed by atoms with E-state index in [9.17, 15) is 14.4 Å². The number of carbonyl (C=O) groups is 3. The highest BCUT2D eigenvalue weighted by atomic mass is 16.5. The molecule has 1 N–H and O–H groups in total. The van der Waals surface area contributed by atoms with E-state index in [2.05, 4.69) is 5.32 Å². The summed E-state index contributed by atoms with van der Waals surface area (Å²) in [6.45, 7) is 3.87. The minimum Gasteiger partial charge on any atom is -0.484 e. The molecule has 0 unspecified atom stereocenters. The normalized spacial score (nSPS) is 18.1. The smallest absolute Gasteiger partial charge is 0.262 e. The third kappa shape index (κ3) is 4.65. The van der Waals surface area contributed by atoms with Crippen molar-refractivity contribution in [1.29, 1.82) is 0 Å². The Labute approximate surface area is 205 Å². The van der Waals surface area contributed by atoms with Crippen LogP contribution in [-0.2, 0) is 19.1 Å². The maximum atomic E-state index is 13.0. The highest BCUT2D eigenvalue weighted by Crippen LogP contribution is 2.48. The van der Waals surface area contributed by atoms with Crippen LogP contribution in [0.4, 0.5) is 5.69 Å². The Bertz CT molecular complexity index is 1240. The summed E-state index contributed by atoms with van der Waals surface area (Å²) < 4.78 is 11.9. The molecule has 0 spiro atoms. The van der Waals surface area contributed by atoms with E-state index >= 15 is 0 Å². The van der Waals surface area contributed by atoms with Crippen LogP contribution in [0.1, 0.15) is 61.1 Å². The Morgan fingerprint density at radius 2 is 1.60 bits per heavy atom. The molecule has 0 saturated heterocycles. The third-order valence-electron chi connectivity index (χ3n) is 6.99. The van der Waals surface area contributed by atoms with Gasteiger partial charge in [0.2, 0.25) is 0 Å². The molecule has 6 nitrogen and oxygen atoms in total. The second-order valence-corrected chi connectivity index (χ2v) is 9.47. The molecule has 1 aliphatic heterocycles. The number of ketones is 2. The van der Waals surface area contributed by atoms with Crippen LogP contribution in [0.3, 0.4) is 0 Å². The van der Waals surface area contributed by atoms with Crippen molar-refractivity contribution in [3.05, 3.63) is 81.8 Å². The highest BCUT2D eigenvalue weighted by molar-refractivity contribution is 6.05. The molecule has 0 fully saturated rings. The molecule has 1 heterocycles. The van der Waals surface area contributed by atoms with Crippen LogP contribution in [0.25, 0.3) is 0 Å². The van der Waals surface area contributed by atoms with Crippen molar-refractivity contribution < 1.29 is 23.9 Å². The van der Waals surface area contributed by atoms with E-state index < -0.39 is 5.92 Å². The molecule has 6 heteroatoms. The first kappa shape index (κ1) is 23.1. The third-order valence-corrected chi connectivity index (χ3v) is 6.99. The second-order valence-electron chi connectivity index (χ2n) is 9.47. The maximum absolute atomic E-state index is 13.0. The van der Waals surface area contributed by atoms with Crippen LogP contribution in [-0.4, -0.2) is 24.1 Å². The van der Waals surface area contributed by atoms with E-state index in [0.29, 0.717) is 54.1 Å². The van der Waals surface area contributed by atoms with Crippen molar-refractivity contribution in [3.8, 4) is 5.75 Å². The molecular weight excluding hydrogens is 442 g/mol. The molecule has 0 radical (unpaired) electrons. The van der Waals surface area contributed by atoms with Crippen molar-refractivity contribution >= 4 is 23.2 Å². The van der Waals surface area contributed by atoms with Gasteiger partial charge in [-0.15, -0.1) is 0 Å². The largest absolute Gasteiger partial charge is 0.484 e. The summed E-state index contributed by atoms with van der Waals surface area (Å²) in [5.74, 6) is 1.31. The van der Waals surface area contributed by atoms with Crippen molar-refractivity contribution in [1.82, 2.24) is 0 Å². The standard InChI is InChI=1S/C29H29NO5/c1-17-12-13-20(14-18(17)2)30-26(33)16-34-21-7-3-6-19(15-21)27-28-22(31)8-4-10-24(28)35-25-11-5-9-23(32)29(25)27/h3,6-7,12-15,27H,4-5,8-11,16H2,1-2H3,(H,30,33). The van der Waals surface area contributed by atoms with Gasteiger partial charge >= 0.3 is 0 Å². The van der Waals surface area contributed by atoms with Crippen molar-refractivity contribution in [2.45, 2.75) is 58.3 Å². The topological polar surface area (TPSA) is 81.7 Å². The Kier molecular flexibility index (Phi) is 6.29. The van der Waals surface area contributed by atoms with Gasteiger partial charge in [-0.05, 0) is 67.6 Å². The molecule has 3 aliphatic rings. The number of benzene rings is 2. The maximum Gasteiger partial charge on any atom is 0.262 e. The molecular formula is C29H29NO5. The van der Waals surface area contributed by atoms with E-state index in [1.807, 2.05) is 50.2 Å². The van der Waals surface area contributed by atoms with Crippen LogP contribution in [0, 0.1) is 13.8 Å². The summed E-state index contributed by atoms with van der Waals surface area (Å²) in [6.07, 6.45) is 3.86. The number of carbonyl (C=O) groups excluding carboxylic acids is 3. The fourth-order valence-electron chi connectivity index (χ4n) is 5.10. The minimum atomic E-state index is -0.442. The lowest BCUT2D eigenvalue weighted by atomic mass is 9.73. The lowest BCUT2D eigenvalue weighted by molar-refractivity contribution is -0.119. The summed E-state index contributed by atoms with van der Waals surface area (Å²) in [5.41, 5.74) is 5.01. The number of allylic oxidation sites excluding steroid dienone is 4. The summed E-state index contributed by atoms with van der Waals surface area (Å²) in [6, 6.07) is 13.1. The molecule has 0 saturated carbocycles. The van der Waals surface area contributed by atoms with Crippen molar-refractivity contribution in [2.24, 2.45) is 0 Å². The van der Waals surface area contributed by atoms with E-state index in [0.717, 1.165) is 35.2 Å². The Morgan fingerprint density at radius 1 is 0.914 bits per heavy atom. The molecule has 0 atom stereocenters. The Balaban J connectivity index is 1.38. The number of anilines is 1. The Morgan fingerprint density at radius 3 is 2.26 bits per heavy atom. The zero-order chi connectivity index (χ0) is 24.5. The van der Waals surface area contributed by atoms with Crippen LogP contribution in [0.5, 0.6) is 5.75 Å². The van der Waals surface area contributed by atoms with Gasteiger partial charge in [-0.1, -0.05) is 18.2 Å². The number of amides is 1. The number of hydrogen-bond donors (Lipinski definition) is 1. The first-order valence-corrected chi connectivity index (χ1v) is 12.2. The molecule has 180 valence electrons. The fourth-order valence-corrected chi connectivity index (χ4v) is 5.10. The molecule has 0 bridgehead atoms. The van der Waals surface area contributed by atoms with Gasteiger partial charge in [0.05, 0.1) is 0 Å². The summed E-state index contributed by atoms with van der Waals surface area (Å²) in [7, 11) is 0. The zero-order valence-corrected chi connectivity index (χ0v) is 20.1. The summed E-state index contributed by atoms with van der Waals surface area (Å²) >= 11 is 0. The molecule has 0 aromatic heterocycles. The number of ether oxygens (including phenoxy) is 2. The molecule has 1 amide bonds. The minimum absolute atomic E-state index is 0.0419. The average Bonchev–Trinajstić information content (AvgIpc) is 2.84. The van der Waals surface area contributed by atoms with Gasteiger partial charge in [0.1, 0.15) is 17.3 Å². The first-order chi connectivity index (χ1) is 16.9. The van der Waals surface area contributed by atoms with Crippen LogP contribution < -0.4 is 10.1 Å². The number of aryl methyl sites for hydroxylation is 2. The molecule has 2 aromatic carbocycles.